The maximum Gasteiger partial charge on any atom is 0.269 e. The van der Waals surface area contributed by atoms with Crippen LogP contribution in [0.5, 0.6) is 5.88 Å². The molecule has 12 heteroatoms. The topological polar surface area (TPSA) is 128 Å². The Morgan fingerprint density at radius 3 is 2.57 bits per heavy atom. The standard InChI is InChI=1S/C23H13BrCl2N6O3/c1-10(33)20-30-32(13-5-2-11(24)3-6-13)23-29-21-18(22(34)31(20)23)17(15(9-27)19(28)35-21)14-7-4-12(25)8-16(14)26/h2-8,17H,28H2,1H3. The summed E-state index contributed by atoms with van der Waals surface area (Å²) in [6, 6.07) is 13.7. The first-order chi connectivity index (χ1) is 16.7. The second kappa shape index (κ2) is 8.53. The Kier molecular flexibility index (Phi) is 5.63. The molecule has 0 saturated heterocycles. The molecular weight excluding hydrogens is 559 g/mol. The van der Waals surface area contributed by atoms with E-state index < -0.39 is 17.3 Å². The molecule has 1 unspecified atom stereocenters. The molecule has 2 aromatic heterocycles. The molecule has 0 aliphatic carbocycles. The molecule has 0 fully saturated rings. The second-order valence-corrected chi connectivity index (χ2v) is 9.39. The molecule has 1 aliphatic rings. The number of hydrogen-bond donors (Lipinski definition) is 1. The van der Waals surface area contributed by atoms with Crippen LogP contribution < -0.4 is 16.0 Å². The van der Waals surface area contributed by atoms with E-state index in [4.69, 9.17) is 33.7 Å². The highest BCUT2D eigenvalue weighted by atomic mass is 79.9. The van der Waals surface area contributed by atoms with Crippen molar-refractivity contribution in [2.24, 2.45) is 5.73 Å². The molecule has 174 valence electrons. The maximum atomic E-state index is 13.9. The Morgan fingerprint density at radius 1 is 1.23 bits per heavy atom. The number of fused-ring (bicyclic) bond motifs is 2. The molecule has 4 aromatic rings. The summed E-state index contributed by atoms with van der Waals surface area (Å²) in [4.78, 5) is 30.9. The van der Waals surface area contributed by atoms with Crippen LogP contribution in [0.25, 0.3) is 11.5 Å². The van der Waals surface area contributed by atoms with E-state index in [9.17, 15) is 14.9 Å². The molecule has 1 aliphatic heterocycles. The van der Waals surface area contributed by atoms with Crippen molar-refractivity contribution in [1.82, 2.24) is 19.2 Å². The third-order valence-electron chi connectivity index (χ3n) is 5.49. The number of ketones is 1. The average Bonchev–Trinajstić information content (AvgIpc) is 3.19. The van der Waals surface area contributed by atoms with Crippen LogP contribution in [0.15, 0.2) is 63.2 Å². The Bertz CT molecular complexity index is 1680. The molecule has 0 radical (unpaired) electrons. The monoisotopic (exact) mass is 570 g/mol. The van der Waals surface area contributed by atoms with Gasteiger partial charge < -0.3 is 10.5 Å². The molecule has 0 amide bonds. The van der Waals surface area contributed by atoms with Crippen molar-refractivity contribution in [2.75, 3.05) is 0 Å². The van der Waals surface area contributed by atoms with Gasteiger partial charge in [0.25, 0.3) is 5.56 Å². The molecule has 35 heavy (non-hydrogen) atoms. The SMILES string of the molecule is CC(=O)c1nn(-c2ccc(Br)cc2)c2nc3c(c(=O)n12)C(c1ccc(Cl)cc1Cl)C(C#N)=C(N)O3. The lowest BCUT2D eigenvalue weighted by atomic mass is 9.85. The quantitative estimate of drug-likeness (QED) is 0.361. The first-order valence-corrected chi connectivity index (χ1v) is 11.6. The number of aromatic nitrogens is 4. The van der Waals surface area contributed by atoms with Gasteiger partial charge in [-0.2, -0.15) is 14.9 Å². The number of nitriles is 1. The summed E-state index contributed by atoms with van der Waals surface area (Å²) in [6.45, 7) is 1.29. The number of carbonyl (C=O) groups is 1. The number of nitrogens with two attached hydrogens (primary N) is 1. The van der Waals surface area contributed by atoms with E-state index in [-0.39, 0.29) is 39.5 Å². The third kappa shape index (κ3) is 3.69. The van der Waals surface area contributed by atoms with Gasteiger partial charge in [0.1, 0.15) is 11.6 Å². The minimum atomic E-state index is -0.999. The van der Waals surface area contributed by atoms with Gasteiger partial charge in [-0.15, -0.1) is 5.10 Å². The van der Waals surface area contributed by atoms with Crippen LogP contribution in [0.3, 0.4) is 0 Å². The lowest BCUT2D eigenvalue weighted by Gasteiger charge is -2.25. The van der Waals surface area contributed by atoms with E-state index in [2.05, 4.69) is 26.0 Å². The number of ether oxygens (including phenoxy) is 1. The Morgan fingerprint density at radius 2 is 1.94 bits per heavy atom. The summed E-state index contributed by atoms with van der Waals surface area (Å²) >= 11 is 15.9. The molecule has 2 aromatic carbocycles. The average molecular weight is 572 g/mol. The fourth-order valence-electron chi connectivity index (χ4n) is 3.94. The summed E-state index contributed by atoms with van der Waals surface area (Å²) < 4.78 is 8.92. The van der Waals surface area contributed by atoms with E-state index in [1.54, 1.807) is 36.4 Å². The predicted octanol–water partition coefficient (Wildman–Crippen LogP) is 4.37. The lowest BCUT2D eigenvalue weighted by Crippen LogP contribution is -2.31. The largest absolute Gasteiger partial charge is 0.422 e. The molecule has 0 saturated carbocycles. The fourth-order valence-corrected chi connectivity index (χ4v) is 4.72. The van der Waals surface area contributed by atoms with Crippen LogP contribution in [0, 0.1) is 11.3 Å². The van der Waals surface area contributed by atoms with Gasteiger partial charge in [-0.25, -0.2) is 4.40 Å². The van der Waals surface area contributed by atoms with Gasteiger partial charge >= 0.3 is 0 Å². The summed E-state index contributed by atoms with van der Waals surface area (Å²) in [6.07, 6.45) is 0. The lowest BCUT2D eigenvalue weighted by molar-refractivity contribution is 0.100. The van der Waals surface area contributed by atoms with Crippen molar-refractivity contribution >= 4 is 50.7 Å². The number of allylic oxidation sites excluding steroid dienone is 1. The minimum Gasteiger partial charge on any atom is -0.422 e. The summed E-state index contributed by atoms with van der Waals surface area (Å²) in [7, 11) is 0. The Balaban J connectivity index is 1.87. The van der Waals surface area contributed by atoms with Crippen molar-refractivity contribution in [3.63, 3.8) is 0 Å². The van der Waals surface area contributed by atoms with Crippen molar-refractivity contribution < 1.29 is 9.53 Å². The van der Waals surface area contributed by atoms with Crippen LogP contribution in [0.4, 0.5) is 0 Å². The predicted molar refractivity (Wildman–Crippen MR) is 132 cm³/mol. The number of nitrogens with zero attached hydrogens (tertiary/aromatic N) is 5. The Labute approximate surface area is 216 Å². The second-order valence-electron chi connectivity index (χ2n) is 7.63. The summed E-state index contributed by atoms with van der Waals surface area (Å²) in [5.41, 5.74) is 6.35. The molecule has 9 nitrogen and oxygen atoms in total. The van der Waals surface area contributed by atoms with E-state index in [0.29, 0.717) is 16.3 Å². The highest BCUT2D eigenvalue weighted by Crippen LogP contribution is 2.42. The van der Waals surface area contributed by atoms with Gasteiger partial charge in [0.2, 0.25) is 23.4 Å². The highest BCUT2D eigenvalue weighted by molar-refractivity contribution is 9.10. The van der Waals surface area contributed by atoms with Gasteiger partial charge in [-0.3, -0.25) is 9.59 Å². The molecule has 2 N–H and O–H groups in total. The van der Waals surface area contributed by atoms with E-state index in [1.807, 2.05) is 6.07 Å². The van der Waals surface area contributed by atoms with Crippen LogP contribution in [-0.4, -0.2) is 24.9 Å². The van der Waals surface area contributed by atoms with Gasteiger partial charge in [0.15, 0.2) is 5.78 Å². The zero-order chi connectivity index (χ0) is 25.0. The molecule has 0 bridgehead atoms. The first kappa shape index (κ1) is 23.1. The third-order valence-corrected chi connectivity index (χ3v) is 6.58. The van der Waals surface area contributed by atoms with Gasteiger partial charge in [-0.05, 0) is 42.0 Å². The number of carbonyl (C=O) groups excluding carboxylic acids is 1. The minimum absolute atomic E-state index is 0.00433. The summed E-state index contributed by atoms with van der Waals surface area (Å²) in [5.74, 6) is -1.88. The summed E-state index contributed by atoms with van der Waals surface area (Å²) in [5, 5.41) is 14.8. The van der Waals surface area contributed by atoms with Crippen molar-refractivity contribution in [2.45, 2.75) is 12.8 Å². The first-order valence-electron chi connectivity index (χ1n) is 10.1. The van der Waals surface area contributed by atoms with Crippen molar-refractivity contribution in [1.29, 1.82) is 5.26 Å². The molecule has 0 spiro atoms. The van der Waals surface area contributed by atoms with Crippen LogP contribution in [0.2, 0.25) is 10.0 Å². The molecular formula is C23H13BrCl2N6O3. The normalized spacial score (nSPS) is 15.0. The van der Waals surface area contributed by atoms with Gasteiger partial charge in [0, 0.05) is 21.4 Å². The van der Waals surface area contributed by atoms with E-state index >= 15 is 0 Å². The maximum absolute atomic E-state index is 13.9. The number of halogens is 3. The zero-order valence-electron chi connectivity index (χ0n) is 17.8. The fraction of sp³-hybridized carbons (Fsp3) is 0.0870. The number of benzene rings is 2. The molecule has 5 rings (SSSR count). The number of Topliss-reactive ketones (excluding diaryl/α,β-unsaturated/α-hetero) is 1. The van der Waals surface area contributed by atoms with Gasteiger partial charge in [0.05, 0.1) is 17.2 Å². The van der Waals surface area contributed by atoms with Crippen LogP contribution >= 0.6 is 39.1 Å². The Hall–Kier alpha value is -3.65. The van der Waals surface area contributed by atoms with Crippen molar-refractivity contribution in [3.05, 3.63) is 95.7 Å². The zero-order valence-corrected chi connectivity index (χ0v) is 20.9. The van der Waals surface area contributed by atoms with Crippen LogP contribution in [0.1, 0.15) is 34.6 Å². The highest BCUT2D eigenvalue weighted by Gasteiger charge is 2.37. The van der Waals surface area contributed by atoms with Crippen molar-refractivity contribution in [3.8, 4) is 17.6 Å². The number of rotatable bonds is 3. The van der Waals surface area contributed by atoms with Gasteiger partial charge in [-0.1, -0.05) is 45.2 Å². The number of hydrogen-bond acceptors (Lipinski definition) is 7. The van der Waals surface area contributed by atoms with E-state index in [1.165, 1.54) is 17.7 Å². The molecule has 1 atom stereocenters. The molecule has 3 heterocycles. The smallest absolute Gasteiger partial charge is 0.269 e. The van der Waals surface area contributed by atoms with E-state index in [0.717, 1.165) is 8.87 Å². The van der Waals surface area contributed by atoms with Crippen LogP contribution in [-0.2, 0) is 0 Å².